The van der Waals surface area contributed by atoms with Crippen LogP contribution in [0.2, 0.25) is 0 Å². The van der Waals surface area contributed by atoms with Gasteiger partial charge in [-0.15, -0.1) is 0 Å². The van der Waals surface area contributed by atoms with Crippen molar-refractivity contribution in [3.8, 4) is 0 Å². The number of unbranched alkanes of at least 4 members (excludes halogenated alkanes) is 2. The zero-order chi connectivity index (χ0) is 13.1. The van der Waals surface area contributed by atoms with E-state index in [1.165, 1.54) is 0 Å². The predicted octanol–water partition coefficient (Wildman–Crippen LogP) is 1.83. The van der Waals surface area contributed by atoms with Gasteiger partial charge in [-0.2, -0.15) is 0 Å². The van der Waals surface area contributed by atoms with Crippen molar-refractivity contribution in [2.45, 2.75) is 51.6 Å². The summed E-state index contributed by atoms with van der Waals surface area (Å²) in [6.45, 7) is 2.36. The molecule has 6 nitrogen and oxygen atoms in total. The van der Waals surface area contributed by atoms with E-state index in [1.54, 1.807) is 0 Å². The first-order chi connectivity index (χ1) is 8.07. The second-order valence-electron chi connectivity index (χ2n) is 3.74. The molecule has 1 unspecified atom stereocenters. The fourth-order valence-electron chi connectivity index (χ4n) is 1.15. The maximum atomic E-state index is 10.8. The molecule has 0 radical (unpaired) electrons. The van der Waals surface area contributed by atoms with Crippen LogP contribution in [-0.4, -0.2) is 34.9 Å². The summed E-state index contributed by atoms with van der Waals surface area (Å²) >= 11 is 0. The number of carbonyl (C=O) groups is 2. The lowest BCUT2D eigenvalue weighted by molar-refractivity contribution is -0.321. The number of carboxylic acid groups (broad SMARTS) is 2. The third-order valence-corrected chi connectivity index (χ3v) is 2.15. The first-order valence-corrected chi connectivity index (χ1v) is 5.80. The fourth-order valence-corrected chi connectivity index (χ4v) is 1.15. The Kier molecular flexibility index (Phi) is 9.37. The summed E-state index contributed by atoms with van der Waals surface area (Å²) in [5.74, 6) is -1.96. The lowest BCUT2D eigenvalue weighted by Gasteiger charge is -2.11. The van der Waals surface area contributed by atoms with Crippen molar-refractivity contribution in [3.05, 3.63) is 0 Å². The highest BCUT2D eigenvalue weighted by molar-refractivity contribution is 5.72. The van der Waals surface area contributed by atoms with Gasteiger partial charge in [-0.05, 0) is 25.7 Å². The Morgan fingerprint density at radius 2 is 1.88 bits per heavy atom. The van der Waals surface area contributed by atoms with Gasteiger partial charge >= 0.3 is 11.9 Å². The first kappa shape index (κ1) is 15.9. The summed E-state index contributed by atoms with van der Waals surface area (Å²) < 4.78 is 0. The molecule has 0 rings (SSSR count). The Morgan fingerprint density at radius 1 is 1.18 bits per heavy atom. The number of hydrogen-bond acceptors (Lipinski definition) is 4. The summed E-state index contributed by atoms with van der Waals surface area (Å²) in [6.07, 6.45) is 1.97. The van der Waals surface area contributed by atoms with Crippen molar-refractivity contribution in [1.29, 1.82) is 0 Å². The monoisotopic (exact) mass is 248 g/mol. The molecule has 0 aromatic carbocycles. The topological polar surface area (TPSA) is 93.1 Å². The molecule has 0 saturated carbocycles. The van der Waals surface area contributed by atoms with Crippen LogP contribution in [0.3, 0.4) is 0 Å². The summed E-state index contributed by atoms with van der Waals surface area (Å²) in [4.78, 5) is 30.6. The van der Waals surface area contributed by atoms with Crippen molar-refractivity contribution < 1.29 is 29.6 Å². The summed E-state index contributed by atoms with van der Waals surface area (Å²) in [5.41, 5.74) is 0. The minimum Gasteiger partial charge on any atom is -0.481 e. The van der Waals surface area contributed by atoms with Gasteiger partial charge in [0.25, 0.3) is 0 Å². The van der Waals surface area contributed by atoms with Gasteiger partial charge in [0.2, 0.25) is 0 Å². The average Bonchev–Trinajstić information content (AvgIpc) is 2.26. The van der Waals surface area contributed by atoms with Gasteiger partial charge in [-0.25, -0.2) is 14.6 Å². The van der Waals surface area contributed by atoms with E-state index in [-0.39, 0.29) is 12.8 Å². The van der Waals surface area contributed by atoms with E-state index in [9.17, 15) is 9.59 Å². The van der Waals surface area contributed by atoms with Crippen LogP contribution < -0.4 is 0 Å². The van der Waals surface area contributed by atoms with E-state index in [1.807, 2.05) is 6.92 Å². The fraction of sp³-hybridized carbons (Fsp3) is 0.818. The average molecular weight is 248 g/mol. The molecule has 0 fully saturated rings. The molecule has 100 valence electrons. The van der Waals surface area contributed by atoms with Crippen LogP contribution >= 0.6 is 0 Å². The van der Waals surface area contributed by atoms with Gasteiger partial charge in [-0.3, -0.25) is 4.79 Å². The van der Waals surface area contributed by atoms with Crippen LogP contribution in [-0.2, 0) is 19.4 Å². The van der Waals surface area contributed by atoms with E-state index in [2.05, 4.69) is 0 Å². The van der Waals surface area contributed by atoms with Gasteiger partial charge in [0.05, 0.1) is 6.61 Å². The van der Waals surface area contributed by atoms with E-state index in [0.717, 1.165) is 12.8 Å². The number of hydrogen-bond donors (Lipinski definition) is 2. The molecule has 6 heteroatoms. The zero-order valence-corrected chi connectivity index (χ0v) is 10.1. The minimum absolute atomic E-state index is 0.0447. The van der Waals surface area contributed by atoms with Crippen LogP contribution in [0.5, 0.6) is 0 Å². The first-order valence-electron chi connectivity index (χ1n) is 5.80. The van der Waals surface area contributed by atoms with Gasteiger partial charge < -0.3 is 10.2 Å². The Labute approximate surface area is 100 Å². The summed E-state index contributed by atoms with van der Waals surface area (Å²) in [7, 11) is 0. The maximum Gasteiger partial charge on any atom is 0.336 e. The van der Waals surface area contributed by atoms with Crippen molar-refractivity contribution >= 4 is 11.9 Å². The van der Waals surface area contributed by atoms with Gasteiger partial charge in [-0.1, -0.05) is 13.3 Å². The standard InChI is InChI=1S/C11H20O6/c1-2-3-8-16-17-9(11(14)15)6-4-5-7-10(12)13/h9H,2-8H2,1H3,(H,12,13)(H,14,15). The second kappa shape index (κ2) is 10.0. The molecule has 0 aliphatic heterocycles. The molecule has 1 atom stereocenters. The molecule has 0 aromatic heterocycles. The maximum absolute atomic E-state index is 10.8. The Bertz CT molecular complexity index is 228. The van der Waals surface area contributed by atoms with Crippen LogP contribution in [0.1, 0.15) is 45.4 Å². The summed E-state index contributed by atoms with van der Waals surface area (Å²) in [6, 6.07) is 0. The zero-order valence-electron chi connectivity index (χ0n) is 10.1. The van der Waals surface area contributed by atoms with E-state index in [4.69, 9.17) is 20.0 Å². The van der Waals surface area contributed by atoms with Gasteiger partial charge in [0, 0.05) is 6.42 Å². The number of rotatable bonds is 11. The Balaban J connectivity index is 3.67. The molecule has 0 bridgehead atoms. The lowest BCUT2D eigenvalue weighted by atomic mass is 10.1. The molecule has 0 saturated heterocycles. The third-order valence-electron chi connectivity index (χ3n) is 2.15. The largest absolute Gasteiger partial charge is 0.481 e. The molecule has 2 N–H and O–H groups in total. The molecule has 0 heterocycles. The second-order valence-corrected chi connectivity index (χ2v) is 3.74. The lowest BCUT2D eigenvalue weighted by Crippen LogP contribution is -2.24. The quantitative estimate of drug-likeness (QED) is 0.329. The molecule has 0 aliphatic rings. The van der Waals surface area contributed by atoms with Crippen molar-refractivity contribution in [1.82, 2.24) is 0 Å². The Morgan fingerprint density at radius 3 is 2.41 bits per heavy atom. The van der Waals surface area contributed by atoms with Crippen LogP contribution in [0, 0.1) is 0 Å². The van der Waals surface area contributed by atoms with E-state index in [0.29, 0.717) is 19.4 Å². The summed E-state index contributed by atoms with van der Waals surface area (Å²) in [5, 5.41) is 17.2. The number of carboxylic acids is 2. The van der Waals surface area contributed by atoms with E-state index < -0.39 is 18.0 Å². The molecule has 17 heavy (non-hydrogen) atoms. The SMILES string of the molecule is CCCCOOC(CCCCC(=O)O)C(=O)O. The highest BCUT2D eigenvalue weighted by Gasteiger charge is 2.18. The van der Waals surface area contributed by atoms with Crippen molar-refractivity contribution in [2.24, 2.45) is 0 Å². The molecular weight excluding hydrogens is 228 g/mol. The molecule has 0 aromatic rings. The van der Waals surface area contributed by atoms with Gasteiger partial charge in [0.1, 0.15) is 0 Å². The van der Waals surface area contributed by atoms with Crippen LogP contribution in [0.25, 0.3) is 0 Å². The van der Waals surface area contributed by atoms with Crippen molar-refractivity contribution in [3.63, 3.8) is 0 Å². The molecule has 0 aliphatic carbocycles. The van der Waals surface area contributed by atoms with Crippen LogP contribution in [0.4, 0.5) is 0 Å². The Hall–Kier alpha value is -1.14. The molecule has 0 spiro atoms. The highest BCUT2D eigenvalue weighted by Crippen LogP contribution is 2.08. The molecule has 0 amide bonds. The third kappa shape index (κ3) is 9.77. The van der Waals surface area contributed by atoms with E-state index >= 15 is 0 Å². The minimum atomic E-state index is -1.09. The normalized spacial score (nSPS) is 12.3. The molecular formula is C11H20O6. The van der Waals surface area contributed by atoms with Crippen molar-refractivity contribution in [2.75, 3.05) is 6.61 Å². The predicted molar refractivity (Wildman–Crippen MR) is 59.5 cm³/mol. The van der Waals surface area contributed by atoms with Gasteiger partial charge in [0.15, 0.2) is 6.10 Å². The smallest absolute Gasteiger partial charge is 0.336 e. The van der Waals surface area contributed by atoms with Crippen LogP contribution in [0.15, 0.2) is 0 Å². The number of aliphatic carboxylic acids is 2. The highest BCUT2D eigenvalue weighted by atomic mass is 17.2.